The molecule has 0 amide bonds. The van der Waals surface area contributed by atoms with E-state index in [9.17, 15) is 0 Å². The normalized spacial score (nSPS) is 20.5. The van der Waals surface area contributed by atoms with E-state index in [1.165, 1.54) is 10.4 Å². The molecule has 1 aliphatic carbocycles. The van der Waals surface area contributed by atoms with E-state index in [1.807, 2.05) is 18.2 Å². The highest BCUT2D eigenvalue weighted by atomic mass is 79.9. The largest absolute Gasteiger partial charge is 0.460 e. The third-order valence-electron chi connectivity index (χ3n) is 3.94. The smallest absolute Gasteiger partial charge is 0.134 e. The second-order valence-electron chi connectivity index (χ2n) is 5.46. The van der Waals surface area contributed by atoms with Gasteiger partial charge in [0, 0.05) is 9.86 Å². The van der Waals surface area contributed by atoms with Crippen LogP contribution in [-0.2, 0) is 5.41 Å². The summed E-state index contributed by atoms with van der Waals surface area (Å²) >= 11 is 3.62. The molecule has 0 saturated heterocycles. The lowest BCUT2D eigenvalue weighted by Crippen LogP contribution is -2.21. The van der Waals surface area contributed by atoms with Gasteiger partial charge in [0.05, 0.1) is 5.41 Å². The lowest BCUT2D eigenvalue weighted by Gasteiger charge is -2.15. The van der Waals surface area contributed by atoms with Crippen LogP contribution in [-0.4, -0.2) is 0 Å². The molecule has 1 aliphatic rings. The zero-order valence-corrected chi connectivity index (χ0v) is 12.6. The van der Waals surface area contributed by atoms with Crippen LogP contribution in [0.4, 0.5) is 0 Å². The van der Waals surface area contributed by atoms with Crippen LogP contribution in [0.5, 0.6) is 0 Å². The van der Waals surface area contributed by atoms with Crippen molar-refractivity contribution in [1.82, 2.24) is 0 Å². The maximum absolute atomic E-state index is 6.05. The van der Waals surface area contributed by atoms with Gasteiger partial charge in [0.1, 0.15) is 11.3 Å². The maximum atomic E-state index is 6.05. The van der Waals surface area contributed by atoms with Crippen LogP contribution in [0.15, 0.2) is 57.4 Å². The van der Waals surface area contributed by atoms with Crippen LogP contribution < -0.4 is 10.4 Å². The van der Waals surface area contributed by atoms with Crippen molar-refractivity contribution in [3.05, 3.63) is 69.2 Å². The Balaban J connectivity index is 1.96. The molecule has 2 heteroatoms. The van der Waals surface area contributed by atoms with Gasteiger partial charge in [-0.05, 0) is 35.6 Å². The molecule has 3 aromatic rings. The van der Waals surface area contributed by atoms with Gasteiger partial charge < -0.3 is 4.42 Å². The van der Waals surface area contributed by atoms with Crippen LogP contribution in [0.1, 0.15) is 12.7 Å². The molecule has 1 atom stereocenters. The molecule has 20 heavy (non-hydrogen) atoms. The standard InChI is InChI=1S/C18H13BrO/c1-18(10-13-6-4-7-15(19)14(13)11-18)17-9-12-5-2-3-8-16(12)20-17/h2-11H,1H3. The van der Waals surface area contributed by atoms with Crippen LogP contribution in [0.2, 0.25) is 0 Å². The van der Waals surface area contributed by atoms with Crippen LogP contribution >= 0.6 is 15.9 Å². The number of hydrogen-bond acceptors (Lipinski definition) is 1. The van der Waals surface area contributed by atoms with Crippen molar-refractivity contribution in [3.8, 4) is 0 Å². The SMILES string of the molecule is CC1(c2cc3ccccc3o2)C=c2cccc(Br)c2=C1. The average Bonchev–Trinajstić information content (AvgIpc) is 3.01. The summed E-state index contributed by atoms with van der Waals surface area (Å²) in [7, 11) is 0. The van der Waals surface area contributed by atoms with Gasteiger partial charge in [0.2, 0.25) is 0 Å². The minimum absolute atomic E-state index is 0.189. The number of halogens is 1. The molecule has 0 N–H and O–H groups in total. The Morgan fingerprint density at radius 3 is 2.65 bits per heavy atom. The first-order valence-corrected chi connectivity index (χ1v) is 7.44. The third kappa shape index (κ3) is 1.68. The quantitative estimate of drug-likeness (QED) is 0.664. The molecule has 0 fully saturated rings. The molecular formula is C18H13BrO. The zero-order valence-electron chi connectivity index (χ0n) is 11.1. The zero-order chi connectivity index (χ0) is 13.7. The van der Waals surface area contributed by atoms with Gasteiger partial charge in [-0.15, -0.1) is 0 Å². The summed E-state index contributed by atoms with van der Waals surface area (Å²) < 4.78 is 7.18. The van der Waals surface area contributed by atoms with Crippen molar-refractivity contribution < 1.29 is 4.42 Å². The molecule has 1 nitrogen and oxygen atoms in total. The van der Waals surface area contributed by atoms with Crippen molar-refractivity contribution >= 4 is 39.1 Å². The molecule has 0 saturated carbocycles. The second-order valence-corrected chi connectivity index (χ2v) is 6.32. The van der Waals surface area contributed by atoms with Gasteiger partial charge in [-0.25, -0.2) is 0 Å². The maximum Gasteiger partial charge on any atom is 0.134 e. The van der Waals surface area contributed by atoms with E-state index in [-0.39, 0.29) is 5.41 Å². The van der Waals surface area contributed by atoms with E-state index < -0.39 is 0 Å². The van der Waals surface area contributed by atoms with E-state index in [0.717, 1.165) is 21.2 Å². The molecule has 1 heterocycles. The van der Waals surface area contributed by atoms with Gasteiger partial charge in [-0.2, -0.15) is 0 Å². The highest BCUT2D eigenvalue weighted by Crippen LogP contribution is 2.33. The number of hydrogen-bond donors (Lipinski definition) is 0. The third-order valence-corrected chi connectivity index (χ3v) is 4.63. The fourth-order valence-corrected chi connectivity index (χ4v) is 3.38. The first-order chi connectivity index (χ1) is 9.66. The first kappa shape index (κ1) is 12.0. The van der Waals surface area contributed by atoms with Gasteiger partial charge >= 0.3 is 0 Å². The van der Waals surface area contributed by atoms with Gasteiger partial charge in [0.15, 0.2) is 0 Å². The van der Waals surface area contributed by atoms with Crippen LogP contribution in [0.3, 0.4) is 0 Å². The van der Waals surface area contributed by atoms with E-state index in [0.29, 0.717) is 0 Å². The minimum Gasteiger partial charge on any atom is -0.460 e. The Morgan fingerprint density at radius 1 is 1.00 bits per heavy atom. The monoisotopic (exact) mass is 324 g/mol. The van der Waals surface area contributed by atoms with Gasteiger partial charge in [-0.1, -0.05) is 58.4 Å². The molecule has 1 aromatic heterocycles. The number of benzene rings is 2. The lowest BCUT2D eigenvalue weighted by molar-refractivity contribution is 0.515. The van der Waals surface area contributed by atoms with Crippen molar-refractivity contribution in [2.75, 3.05) is 0 Å². The summed E-state index contributed by atoms with van der Waals surface area (Å²) in [6, 6.07) is 16.6. The molecule has 4 rings (SSSR count). The van der Waals surface area contributed by atoms with E-state index in [1.54, 1.807) is 0 Å². The number of rotatable bonds is 1. The molecule has 1 unspecified atom stereocenters. The molecule has 2 aromatic carbocycles. The molecule has 0 radical (unpaired) electrons. The Morgan fingerprint density at radius 2 is 1.85 bits per heavy atom. The fourth-order valence-electron chi connectivity index (χ4n) is 2.89. The number of furan rings is 1. The number of fused-ring (bicyclic) bond motifs is 2. The van der Waals surface area contributed by atoms with Gasteiger partial charge in [-0.3, -0.25) is 0 Å². The predicted octanol–water partition coefficient (Wildman–Crippen LogP) is 3.73. The predicted molar refractivity (Wildman–Crippen MR) is 85.9 cm³/mol. The van der Waals surface area contributed by atoms with Crippen molar-refractivity contribution in [2.45, 2.75) is 12.3 Å². The highest BCUT2D eigenvalue weighted by molar-refractivity contribution is 9.10. The molecule has 0 spiro atoms. The summed E-state index contributed by atoms with van der Waals surface area (Å²) in [5.41, 5.74) is 0.756. The van der Waals surface area contributed by atoms with E-state index in [2.05, 4.69) is 65.3 Å². The van der Waals surface area contributed by atoms with E-state index in [4.69, 9.17) is 4.42 Å². The Hall–Kier alpha value is -1.80. The topological polar surface area (TPSA) is 13.1 Å². The van der Waals surface area contributed by atoms with Crippen LogP contribution in [0, 0.1) is 0 Å². The average molecular weight is 325 g/mol. The Kier molecular flexibility index (Phi) is 2.45. The van der Waals surface area contributed by atoms with Crippen LogP contribution in [0.25, 0.3) is 23.1 Å². The Bertz CT molecular complexity index is 902. The molecule has 98 valence electrons. The summed E-state index contributed by atoms with van der Waals surface area (Å²) in [5, 5.41) is 3.65. The molecular weight excluding hydrogens is 312 g/mol. The van der Waals surface area contributed by atoms with Crippen molar-refractivity contribution in [2.24, 2.45) is 0 Å². The number of para-hydroxylation sites is 1. The van der Waals surface area contributed by atoms with Crippen molar-refractivity contribution in [1.29, 1.82) is 0 Å². The highest BCUT2D eigenvalue weighted by Gasteiger charge is 2.28. The fraction of sp³-hybridized carbons (Fsp3) is 0.111. The second kappa shape index (κ2) is 4.10. The summed E-state index contributed by atoms with van der Waals surface area (Å²) in [6.07, 6.45) is 4.54. The summed E-state index contributed by atoms with van der Waals surface area (Å²) in [5.74, 6) is 0.988. The minimum atomic E-state index is -0.189. The van der Waals surface area contributed by atoms with E-state index >= 15 is 0 Å². The summed E-state index contributed by atoms with van der Waals surface area (Å²) in [6.45, 7) is 2.19. The molecule has 0 aliphatic heterocycles. The lowest BCUT2D eigenvalue weighted by atomic mass is 9.89. The first-order valence-electron chi connectivity index (χ1n) is 6.65. The Labute approximate surface area is 125 Å². The molecule has 0 bridgehead atoms. The summed E-state index contributed by atoms with van der Waals surface area (Å²) in [4.78, 5) is 0. The van der Waals surface area contributed by atoms with Crippen molar-refractivity contribution in [3.63, 3.8) is 0 Å². The van der Waals surface area contributed by atoms with Gasteiger partial charge in [0.25, 0.3) is 0 Å².